The topological polar surface area (TPSA) is 52.6 Å². The first-order valence-corrected chi connectivity index (χ1v) is 4.31. The highest BCUT2D eigenvalue weighted by Crippen LogP contribution is 2.26. The molecule has 4 heteroatoms. The van der Waals surface area contributed by atoms with E-state index in [4.69, 9.17) is 9.47 Å². The van der Waals surface area contributed by atoms with E-state index in [1.807, 2.05) is 0 Å². The number of esters is 1. The first-order valence-electron chi connectivity index (χ1n) is 4.31. The van der Waals surface area contributed by atoms with Gasteiger partial charge in [0.15, 0.2) is 6.10 Å². The lowest BCUT2D eigenvalue weighted by Crippen LogP contribution is -2.11. The lowest BCUT2D eigenvalue weighted by molar-refractivity contribution is -0.140. The smallest absolute Gasteiger partial charge is 0.346 e. The zero-order valence-electron chi connectivity index (χ0n) is 7.33. The second kappa shape index (κ2) is 2.87. The van der Waals surface area contributed by atoms with Gasteiger partial charge >= 0.3 is 5.97 Å². The summed E-state index contributed by atoms with van der Waals surface area (Å²) in [6.07, 6.45) is 0.899. The van der Waals surface area contributed by atoms with Gasteiger partial charge in [-0.15, -0.1) is 0 Å². The molecular formula is C9H10O4. The summed E-state index contributed by atoms with van der Waals surface area (Å²) in [4.78, 5) is 22.6. The van der Waals surface area contributed by atoms with Crippen LogP contribution in [0.15, 0.2) is 11.3 Å². The maximum atomic E-state index is 11.4. The standard InChI is InChI=1S/C9H10O4/c1-5-8(10)7(9(11)13-5)6-3-2-4-12-6/h5H,2-4H2,1H3/b7-6+/t5-/m0/s1. The van der Waals surface area contributed by atoms with Crippen molar-refractivity contribution in [3.63, 3.8) is 0 Å². The summed E-state index contributed by atoms with van der Waals surface area (Å²) in [5, 5.41) is 0. The number of rotatable bonds is 0. The molecule has 0 aromatic rings. The Balaban J connectivity index is 2.36. The molecule has 4 nitrogen and oxygen atoms in total. The number of ketones is 1. The number of allylic oxidation sites excluding steroid dienone is 1. The van der Waals surface area contributed by atoms with Crippen LogP contribution < -0.4 is 0 Å². The summed E-state index contributed by atoms with van der Waals surface area (Å²) >= 11 is 0. The van der Waals surface area contributed by atoms with Crippen molar-refractivity contribution in [1.29, 1.82) is 0 Å². The Hall–Kier alpha value is -1.32. The van der Waals surface area contributed by atoms with Gasteiger partial charge in [-0.1, -0.05) is 0 Å². The van der Waals surface area contributed by atoms with E-state index in [-0.39, 0.29) is 11.4 Å². The minimum atomic E-state index is -0.640. The molecule has 0 bridgehead atoms. The van der Waals surface area contributed by atoms with Crippen molar-refractivity contribution in [2.75, 3.05) is 6.61 Å². The molecule has 2 aliphatic heterocycles. The maximum absolute atomic E-state index is 11.4. The molecule has 0 aliphatic carbocycles. The van der Waals surface area contributed by atoms with Crippen LogP contribution in [-0.2, 0) is 19.1 Å². The molecule has 70 valence electrons. The summed E-state index contributed by atoms with van der Waals surface area (Å²) in [5.41, 5.74) is 0.130. The van der Waals surface area contributed by atoms with Gasteiger partial charge in [-0.3, -0.25) is 4.79 Å². The van der Waals surface area contributed by atoms with Crippen molar-refractivity contribution < 1.29 is 19.1 Å². The number of hydrogen-bond donors (Lipinski definition) is 0. The predicted molar refractivity (Wildman–Crippen MR) is 42.8 cm³/mol. The molecule has 0 aromatic carbocycles. The van der Waals surface area contributed by atoms with Crippen LogP contribution in [0, 0.1) is 0 Å². The van der Waals surface area contributed by atoms with E-state index in [0.717, 1.165) is 6.42 Å². The van der Waals surface area contributed by atoms with Gasteiger partial charge in [0.25, 0.3) is 0 Å². The van der Waals surface area contributed by atoms with Crippen molar-refractivity contribution in [3.8, 4) is 0 Å². The Morgan fingerprint density at radius 2 is 2.15 bits per heavy atom. The van der Waals surface area contributed by atoms with Gasteiger partial charge in [0.05, 0.1) is 6.61 Å². The molecule has 0 spiro atoms. The summed E-state index contributed by atoms with van der Waals surface area (Å²) in [6.45, 7) is 2.16. The van der Waals surface area contributed by atoms with E-state index in [0.29, 0.717) is 18.8 Å². The molecule has 2 saturated heterocycles. The van der Waals surface area contributed by atoms with Crippen molar-refractivity contribution in [2.24, 2.45) is 0 Å². The highest BCUT2D eigenvalue weighted by molar-refractivity contribution is 6.23. The van der Waals surface area contributed by atoms with Crippen LogP contribution in [0.2, 0.25) is 0 Å². The Morgan fingerprint density at radius 3 is 2.62 bits per heavy atom. The number of hydrogen-bond acceptors (Lipinski definition) is 4. The molecule has 0 amide bonds. The van der Waals surface area contributed by atoms with Crippen LogP contribution in [0.1, 0.15) is 19.8 Å². The monoisotopic (exact) mass is 182 g/mol. The van der Waals surface area contributed by atoms with Crippen LogP contribution in [0.5, 0.6) is 0 Å². The third kappa shape index (κ3) is 1.22. The Labute approximate surface area is 75.5 Å². The fraction of sp³-hybridized carbons (Fsp3) is 0.556. The average Bonchev–Trinajstić information content (AvgIpc) is 2.63. The SMILES string of the molecule is C[C@@H]1OC(=O)/C(=C2\CCCO2)C1=O. The Bertz CT molecular complexity index is 295. The second-order valence-electron chi connectivity index (χ2n) is 3.16. The minimum Gasteiger partial charge on any atom is -0.497 e. The lowest BCUT2D eigenvalue weighted by atomic mass is 10.1. The van der Waals surface area contributed by atoms with Gasteiger partial charge in [0.2, 0.25) is 5.78 Å². The van der Waals surface area contributed by atoms with Gasteiger partial charge < -0.3 is 9.47 Å². The summed E-state index contributed by atoms with van der Waals surface area (Å²) < 4.78 is 9.96. The number of cyclic esters (lactones) is 1. The number of ether oxygens (including phenoxy) is 2. The number of carbonyl (C=O) groups is 2. The normalized spacial score (nSPS) is 33.5. The molecule has 0 aromatic heterocycles. The van der Waals surface area contributed by atoms with Crippen LogP contribution in [-0.4, -0.2) is 24.5 Å². The first kappa shape index (κ1) is 8.29. The molecule has 0 radical (unpaired) electrons. The van der Waals surface area contributed by atoms with Gasteiger partial charge in [-0.2, -0.15) is 0 Å². The lowest BCUT2D eigenvalue weighted by Gasteiger charge is -1.98. The molecule has 0 N–H and O–H groups in total. The molecule has 2 heterocycles. The summed E-state index contributed by atoms with van der Waals surface area (Å²) in [7, 11) is 0. The minimum absolute atomic E-state index is 0.130. The molecule has 2 aliphatic rings. The van der Waals surface area contributed by atoms with Gasteiger partial charge in [0, 0.05) is 6.42 Å². The van der Waals surface area contributed by atoms with Crippen LogP contribution >= 0.6 is 0 Å². The molecule has 2 rings (SSSR count). The highest BCUT2D eigenvalue weighted by Gasteiger charge is 2.39. The Kier molecular flexibility index (Phi) is 1.83. The van der Waals surface area contributed by atoms with Crippen molar-refractivity contribution in [2.45, 2.75) is 25.9 Å². The quantitative estimate of drug-likeness (QED) is 0.312. The molecule has 13 heavy (non-hydrogen) atoms. The second-order valence-corrected chi connectivity index (χ2v) is 3.16. The zero-order valence-corrected chi connectivity index (χ0v) is 7.33. The van der Waals surface area contributed by atoms with E-state index in [1.165, 1.54) is 0 Å². The number of carbonyl (C=O) groups excluding carboxylic acids is 2. The largest absolute Gasteiger partial charge is 0.497 e. The van der Waals surface area contributed by atoms with Crippen molar-refractivity contribution in [3.05, 3.63) is 11.3 Å². The summed E-state index contributed by atoms with van der Waals surface area (Å²) in [6, 6.07) is 0. The fourth-order valence-corrected chi connectivity index (χ4v) is 1.53. The van der Waals surface area contributed by atoms with E-state index < -0.39 is 12.1 Å². The summed E-state index contributed by atoms with van der Waals surface area (Å²) in [5.74, 6) is -0.268. The molecule has 1 atom stereocenters. The Morgan fingerprint density at radius 1 is 1.38 bits per heavy atom. The molecule has 0 saturated carbocycles. The predicted octanol–water partition coefficient (Wildman–Crippen LogP) is 0.565. The third-order valence-electron chi connectivity index (χ3n) is 2.21. The zero-order chi connectivity index (χ0) is 9.42. The molecule has 2 fully saturated rings. The van der Waals surface area contributed by atoms with Gasteiger partial charge in [-0.25, -0.2) is 4.79 Å². The van der Waals surface area contributed by atoms with E-state index >= 15 is 0 Å². The number of Topliss-reactive ketones (excluding diaryl/α,β-unsaturated/α-hetero) is 1. The van der Waals surface area contributed by atoms with Crippen LogP contribution in [0.4, 0.5) is 0 Å². The fourth-order valence-electron chi connectivity index (χ4n) is 1.53. The van der Waals surface area contributed by atoms with E-state index in [1.54, 1.807) is 6.92 Å². The van der Waals surface area contributed by atoms with Crippen LogP contribution in [0.3, 0.4) is 0 Å². The van der Waals surface area contributed by atoms with Gasteiger partial charge in [0.1, 0.15) is 11.3 Å². The highest BCUT2D eigenvalue weighted by atomic mass is 16.6. The third-order valence-corrected chi connectivity index (χ3v) is 2.21. The molecule has 0 unspecified atom stereocenters. The maximum Gasteiger partial charge on any atom is 0.346 e. The van der Waals surface area contributed by atoms with Crippen molar-refractivity contribution in [1.82, 2.24) is 0 Å². The first-order chi connectivity index (χ1) is 6.20. The van der Waals surface area contributed by atoms with E-state index in [9.17, 15) is 9.59 Å². The molecular weight excluding hydrogens is 172 g/mol. The van der Waals surface area contributed by atoms with Crippen molar-refractivity contribution >= 4 is 11.8 Å². The van der Waals surface area contributed by atoms with E-state index in [2.05, 4.69) is 0 Å². The average molecular weight is 182 g/mol. The van der Waals surface area contributed by atoms with Gasteiger partial charge in [-0.05, 0) is 13.3 Å². The van der Waals surface area contributed by atoms with Crippen LogP contribution in [0.25, 0.3) is 0 Å².